The first-order valence-corrected chi connectivity index (χ1v) is 4.77. The molecule has 6 heteroatoms. The number of fused-ring (bicyclic) bond motifs is 1. The van der Waals surface area contributed by atoms with E-state index in [0.29, 0.717) is 16.5 Å². The largest absolute Gasteiger partial charge is 0.306 e. The van der Waals surface area contributed by atoms with Crippen molar-refractivity contribution >= 4 is 28.2 Å². The Kier molecular flexibility index (Phi) is 2.47. The lowest BCUT2D eigenvalue weighted by atomic mass is 10.1. The normalized spacial score (nSPS) is 10.7. The smallest absolute Gasteiger partial charge is 0.258 e. The van der Waals surface area contributed by atoms with E-state index in [0.717, 1.165) is 6.20 Å². The van der Waals surface area contributed by atoms with Gasteiger partial charge in [0.1, 0.15) is 17.0 Å². The molecular weight excluding hydrogens is 235 g/mol. The number of hydrogen-bond acceptors (Lipinski definition) is 3. The van der Waals surface area contributed by atoms with E-state index in [1.165, 1.54) is 12.1 Å². The average Bonchev–Trinajstić information content (AvgIpc) is 2.21. The van der Waals surface area contributed by atoms with Gasteiger partial charge in [-0.15, -0.1) is 0 Å². The van der Waals surface area contributed by atoms with Crippen molar-refractivity contribution in [3.05, 3.63) is 44.8 Å². The van der Waals surface area contributed by atoms with Crippen LogP contribution in [0.4, 0.5) is 10.1 Å². The summed E-state index contributed by atoms with van der Waals surface area (Å²) in [5.41, 5.74) is 0.399. The van der Waals surface area contributed by atoms with E-state index in [1.54, 1.807) is 6.92 Å². The molecule has 0 atom stereocenters. The molecule has 0 N–H and O–H groups in total. The summed E-state index contributed by atoms with van der Waals surface area (Å²) in [6.07, 6.45) is 1.03. The standard InChI is InChI=1S/C10H6ClFN2O2/c1-5-2-6-8(3-7(5)12)13-4-9(10(6)11)14(15)16/h2-4H,1H3. The van der Waals surface area contributed by atoms with Crippen LogP contribution in [0.5, 0.6) is 0 Å². The van der Waals surface area contributed by atoms with Gasteiger partial charge in [0.25, 0.3) is 0 Å². The molecule has 0 spiro atoms. The molecule has 82 valence electrons. The Bertz CT molecular complexity index is 601. The van der Waals surface area contributed by atoms with E-state index in [9.17, 15) is 14.5 Å². The molecule has 0 bridgehead atoms. The molecule has 16 heavy (non-hydrogen) atoms. The van der Waals surface area contributed by atoms with Crippen molar-refractivity contribution in [2.75, 3.05) is 0 Å². The van der Waals surface area contributed by atoms with E-state index >= 15 is 0 Å². The summed E-state index contributed by atoms with van der Waals surface area (Å²) in [4.78, 5) is 13.8. The van der Waals surface area contributed by atoms with Gasteiger partial charge in [0.05, 0.1) is 10.4 Å². The van der Waals surface area contributed by atoms with Crippen molar-refractivity contribution in [3.63, 3.8) is 0 Å². The predicted molar refractivity (Wildman–Crippen MR) is 58.1 cm³/mol. The van der Waals surface area contributed by atoms with Crippen LogP contribution < -0.4 is 0 Å². The lowest BCUT2D eigenvalue weighted by Crippen LogP contribution is -1.93. The number of aryl methyl sites for hydroxylation is 1. The highest BCUT2D eigenvalue weighted by atomic mass is 35.5. The third-order valence-electron chi connectivity index (χ3n) is 2.26. The highest BCUT2D eigenvalue weighted by Crippen LogP contribution is 2.31. The third kappa shape index (κ3) is 1.59. The Morgan fingerprint density at radius 1 is 1.50 bits per heavy atom. The summed E-state index contributed by atoms with van der Waals surface area (Å²) >= 11 is 5.86. The Hall–Kier alpha value is -1.75. The fourth-order valence-corrected chi connectivity index (χ4v) is 1.68. The summed E-state index contributed by atoms with van der Waals surface area (Å²) < 4.78 is 13.2. The van der Waals surface area contributed by atoms with Crippen molar-refractivity contribution in [3.8, 4) is 0 Å². The molecule has 4 nitrogen and oxygen atoms in total. The van der Waals surface area contributed by atoms with E-state index in [4.69, 9.17) is 11.6 Å². The molecule has 2 aromatic rings. The van der Waals surface area contributed by atoms with Crippen molar-refractivity contribution in [1.82, 2.24) is 4.98 Å². The average molecular weight is 241 g/mol. The maximum atomic E-state index is 13.2. The number of nitrogens with zero attached hydrogens (tertiary/aromatic N) is 2. The van der Waals surface area contributed by atoms with Crippen molar-refractivity contribution in [2.24, 2.45) is 0 Å². The van der Waals surface area contributed by atoms with Gasteiger partial charge in [-0.3, -0.25) is 10.1 Å². The maximum absolute atomic E-state index is 13.2. The van der Waals surface area contributed by atoms with Crippen molar-refractivity contribution in [1.29, 1.82) is 0 Å². The van der Waals surface area contributed by atoms with Crippen LogP contribution in [0.2, 0.25) is 5.02 Å². The predicted octanol–water partition coefficient (Wildman–Crippen LogP) is 3.24. The Labute approximate surface area is 94.8 Å². The molecule has 1 aromatic heterocycles. The molecule has 0 amide bonds. The lowest BCUT2D eigenvalue weighted by Gasteiger charge is -2.03. The Balaban J connectivity index is 2.84. The summed E-state index contributed by atoms with van der Waals surface area (Å²) in [6, 6.07) is 2.66. The molecule has 0 aliphatic carbocycles. The molecule has 0 radical (unpaired) electrons. The minimum Gasteiger partial charge on any atom is -0.258 e. The zero-order valence-electron chi connectivity index (χ0n) is 8.20. The number of aromatic nitrogens is 1. The Morgan fingerprint density at radius 2 is 2.19 bits per heavy atom. The second-order valence-corrected chi connectivity index (χ2v) is 3.71. The summed E-state index contributed by atoms with van der Waals surface area (Å²) in [6.45, 7) is 1.56. The monoisotopic (exact) mass is 240 g/mol. The third-order valence-corrected chi connectivity index (χ3v) is 2.66. The molecule has 0 aliphatic heterocycles. The lowest BCUT2D eigenvalue weighted by molar-refractivity contribution is -0.384. The van der Waals surface area contributed by atoms with Gasteiger partial charge in [-0.05, 0) is 18.6 Å². The van der Waals surface area contributed by atoms with Gasteiger partial charge in [0.2, 0.25) is 0 Å². The fraction of sp³-hybridized carbons (Fsp3) is 0.100. The van der Waals surface area contributed by atoms with Crippen LogP contribution in [0.3, 0.4) is 0 Å². The van der Waals surface area contributed by atoms with Crippen LogP contribution in [0.1, 0.15) is 5.56 Å². The molecule has 1 heterocycles. The number of hydrogen-bond donors (Lipinski definition) is 0. The minimum absolute atomic E-state index is 0.0156. The van der Waals surface area contributed by atoms with E-state index in [2.05, 4.69) is 4.98 Å². The van der Waals surface area contributed by atoms with Gasteiger partial charge < -0.3 is 0 Å². The zero-order chi connectivity index (χ0) is 11.9. The summed E-state index contributed by atoms with van der Waals surface area (Å²) in [5.74, 6) is -0.412. The van der Waals surface area contributed by atoms with Crippen molar-refractivity contribution < 1.29 is 9.31 Å². The zero-order valence-corrected chi connectivity index (χ0v) is 8.95. The number of pyridine rings is 1. The van der Waals surface area contributed by atoms with Gasteiger partial charge in [-0.25, -0.2) is 9.37 Å². The first-order chi connectivity index (χ1) is 7.50. The van der Waals surface area contributed by atoms with E-state index in [-0.39, 0.29) is 10.7 Å². The molecule has 0 saturated heterocycles. The number of halogens is 2. The van der Waals surface area contributed by atoms with Crippen LogP contribution in [-0.2, 0) is 0 Å². The highest BCUT2D eigenvalue weighted by molar-refractivity contribution is 6.37. The minimum atomic E-state index is -0.618. The SMILES string of the molecule is Cc1cc2c(Cl)c([N+](=O)[O-])cnc2cc1F. The Morgan fingerprint density at radius 3 is 2.81 bits per heavy atom. The molecule has 0 fully saturated rings. The van der Waals surface area contributed by atoms with Gasteiger partial charge >= 0.3 is 5.69 Å². The van der Waals surface area contributed by atoms with Gasteiger partial charge in [-0.2, -0.15) is 0 Å². The van der Waals surface area contributed by atoms with Gasteiger partial charge in [0, 0.05) is 11.5 Å². The second kappa shape index (κ2) is 3.68. The highest BCUT2D eigenvalue weighted by Gasteiger charge is 2.16. The first-order valence-electron chi connectivity index (χ1n) is 4.39. The van der Waals surface area contributed by atoms with Crippen molar-refractivity contribution in [2.45, 2.75) is 6.92 Å². The molecule has 1 aromatic carbocycles. The second-order valence-electron chi connectivity index (χ2n) is 3.33. The quantitative estimate of drug-likeness (QED) is 0.568. The van der Waals surface area contributed by atoms with E-state index in [1.807, 2.05) is 0 Å². The summed E-state index contributed by atoms with van der Waals surface area (Å²) in [5, 5.41) is 11.0. The van der Waals surface area contributed by atoms with Crippen LogP contribution in [0.15, 0.2) is 18.3 Å². The van der Waals surface area contributed by atoms with Crippen LogP contribution in [0.25, 0.3) is 10.9 Å². The molecular formula is C10H6ClFN2O2. The number of benzene rings is 1. The molecule has 0 aliphatic rings. The number of nitro groups is 1. The van der Waals surface area contributed by atoms with Crippen LogP contribution >= 0.6 is 11.6 Å². The van der Waals surface area contributed by atoms with E-state index < -0.39 is 10.7 Å². The molecule has 0 saturated carbocycles. The maximum Gasteiger partial charge on any atom is 0.306 e. The van der Waals surface area contributed by atoms with Crippen LogP contribution in [0, 0.1) is 22.9 Å². The molecule has 2 rings (SSSR count). The van der Waals surface area contributed by atoms with Gasteiger partial charge in [-0.1, -0.05) is 11.6 Å². The fourth-order valence-electron chi connectivity index (χ4n) is 1.41. The first kappa shape index (κ1) is 10.8. The number of rotatable bonds is 1. The van der Waals surface area contributed by atoms with Gasteiger partial charge in [0.15, 0.2) is 0 Å². The topological polar surface area (TPSA) is 56.0 Å². The van der Waals surface area contributed by atoms with Crippen LogP contribution in [-0.4, -0.2) is 9.91 Å². The molecule has 0 unspecified atom stereocenters. The summed E-state index contributed by atoms with van der Waals surface area (Å²) in [7, 11) is 0.